The maximum absolute atomic E-state index is 13.9. The first kappa shape index (κ1) is 21.4. The molecular formula is C19H23FIN5S. The summed E-state index contributed by atoms with van der Waals surface area (Å²) in [4.78, 5) is 6.64. The molecular weight excluding hydrogens is 476 g/mol. The fraction of sp³-hybridized carbons (Fsp3) is 0.368. The second-order valence-electron chi connectivity index (χ2n) is 6.20. The molecule has 8 heteroatoms. The van der Waals surface area contributed by atoms with Crippen LogP contribution in [0, 0.1) is 17.1 Å². The Morgan fingerprint density at radius 1 is 1.37 bits per heavy atom. The van der Waals surface area contributed by atoms with Crippen molar-refractivity contribution < 1.29 is 4.39 Å². The third kappa shape index (κ3) is 5.81. The van der Waals surface area contributed by atoms with Gasteiger partial charge in [-0.1, -0.05) is 0 Å². The lowest BCUT2D eigenvalue weighted by Crippen LogP contribution is -2.48. The topological polar surface area (TPSA) is 63.5 Å². The highest BCUT2D eigenvalue weighted by molar-refractivity contribution is 14.0. The van der Waals surface area contributed by atoms with Crippen LogP contribution < -0.4 is 15.5 Å². The number of anilines is 1. The second-order valence-corrected chi connectivity index (χ2v) is 7.13. The Balaban J connectivity index is 0.00000261. The normalized spacial score (nSPS) is 15.0. The molecule has 0 spiro atoms. The van der Waals surface area contributed by atoms with E-state index in [1.54, 1.807) is 24.5 Å². The first-order chi connectivity index (χ1) is 12.7. The third-order valence-electron chi connectivity index (χ3n) is 4.50. The molecule has 1 aliphatic heterocycles. The van der Waals surface area contributed by atoms with Crippen molar-refractivity contribution in [2.24, 2.45) is 4.99 Å². The number of hydrogen-bond acceptors (Lipinski definition) is 4. The van der Waals surface area contributed by atoms with Gasteiger partial charge in [0, 0.05) is 38.3 Å². The maximum atomic E-state index is 13.9. The molecule has 2 heterocycles. The first-order valence-electron chi connectivity index (χ1n) is 8.63. The molecule has 1 aliphatic rings. The lowest BCUT2D eigenvalue weighted by molar-refractivity contribution is 0.462. The number of aliphatic imine (C=N–C) groups is 1. The Morgan fingerprint density at radius 3 is 2.78 bits per heavy atom. The van der Waals surface area contributed by atoms with Crippen LogP contribution in [0.1, 0.15) is 24.0 Å². The van der Waals surface area contributed by atoms with E-state index in [0.717, 1.165) is 25.9 Å². The van der Waals surface area contributed by atoms with Crippen LogP contribution in [0.3, 0.4) is 0 Å². The average Bonchev–Trinajstić information content (AvgIpc) is 3.21. The van der Waals surface area contributed by atoms with E-state index in [2.05, 4.69) is 38.0 Å². The zero-order valence-corrected chi connectivity index (χ0v) is 18.3. The summed E-state index contributed by atoms with van der Waals surface area (Å²) in [7, 11) is 1.71. The van der Waals surface area contributed by atoms with Gasteiger partial charge in [-0.05, 0) is 48.6 Å². The zero-order valence-electron chi connectivity index (χ0n) is 15.1. The molecule has 0 atom stereocenters. The van der Waals surface area contributed by atoms with Crippen LogP contribution in [0.4, 0.5) is 9.39 Å². The van der Waals surface area contributed by atoms with Crippen molar-refractivity contribution in [2.45, 2.75) is 25.4 Å². The van der Waals surface area contributed by atoms with Crippen molar-refractivity contribution in [3.63, 3.8) is 0 Å². The summed E-state index contributed by atoms with van der Waals surface area (Å²) in [6.07, 6.45) is 2.05. The number of halogens is 2. The molecule has 1 aromatic carbocycles. The minimum absolute atomic E-state index is 0. The first-order valence-corrected chi connectivity index (χ1v) is 9.51. The van der Waals surface area contributed by atoms with Crippen LogP contribution >= 0.6 is 35.3 Å². The summed E-state index contributed by atoms with van der Waals surface area (Å²) in [6, 6.07) is 11.0. The molecule has 0 amide bonds. The highest BCUT2D eigenvalue weighted by atomic mass is 127. The molecule has 0 aliphatic carbocycles. The number of nitrogens with zero attached hydrogens (tertiary/aromatic N) is 3. The molecule has 144 valence electrons. The quantitative estimate of drug-likeness (QED) is 0.383. The van der Waals surface area contributed by atoms with E-state index in [9.17, 15) is 4.39 Å². The second kappa shape index (κ2) is 10.5. The number of nitriles is 1. The van der Waals surface area contributed by atoms with Crippen molar-refractivity contribution in [3.8, 4) is 6.07 Å². The van der Waals surface area contributed by atoms with E-state index in [0.29, 0.717) is 23.1 Å². The number of benzene rings is 1. The van der Waals surface area contributed by atoms with Crippen LogP contribution in [-0.4, -0.2) is 32.1 Å². The van der Waals surface area contributed by atoms with Gasteiger partial charge < -0.3 is 15.5 Å². The number of hydrogen-bond donors (Lipinski definition) is 2. The minimum atomic E-state index is -0.323. The van der Waals surface area contributed by atoms with Crippen LogP contribution in [0.15, 0.2) is 40.7 Å². The van der Waals surface area contributed by atoms with Gasteiger partial charge in [-0.25, -0.2) is 4.39 Å². The van der Waals surface area contributed by atoms with Crippen molar-refractivity contribution in [1.29, 1.82) is 5.26 Å². The van der Waals surface area contributed by atoms with E-state index in [4.69, 9.17) is 5.26 Å². The fourth-order valence-corrected chi connectivity index (χ4v) is 3.83. The molecule has 0 bridgehead atoms. The Kier molecular flexibility index (Phi) is 8.31. The summed E-state index contributed by atoms with van der Waals surface area (Å²) in [6.45, 7) is 2.30. The standard InChI is InChI=1S/C19H22FN5S.HI/c1-22-19(23-13-15-11-14(12-21)4-5-17(15)20)24-16-6-8-25(9-7-16)18-3-2-10-26-18;/h2-5,10-11,16H,6-9,13H2,1H3,(H2,22,23,24);1H. The van der Waals surface area contributed by atoms with Gasteiger partial charge >= 0.3 is 0 Å². The van der Waals surface area contributed by atoms with Gasteiger partial charge in [0.05, 0.1) is 16.6 Å². The predicted molar refractivity (Wildman–Crippen MR) is 119 cm³/mol. The summed E-state index contributed by atoms with van der Waals surface area (Å²) in [5.74, 6) is 0.331. The highest BCUT2D eigenvalue weighted by Gasteiger charge is 2.20. The zero-order chi connectivity index (χ0) is 18.4. The summed E-state index contributed by atoms with van der Waals surface area (Å²) < 4.78 is 13.9. The van der Waals surface area contributed by atoms with Gasteiger partial charge in [-0.3, -0.25) is 4.99 Å². The van der Waals surface area contributed by atoms with Crippen molar-refractivity contribution in [2.75, 3.05) is 25.0 Å². The molecule has 0 radical (unpaired) electrons. The van der Waals surface area contributed by atoms with Crippen LogP contribution in [0.2, 0.25) is 0 Å². The smallest absolute Gasteiger partial charge is 0.191 e. The van der Waals surface area contributed by atoms with Gasteiger partial charge in [0.2, 0.25) is 0 Å². The van der Waals surface area contributed by atoms with Gasteiger partial charge in [0.1, 0.15) is 5.82 Å². The van der Waals surface area contributed by atoms with E-state index in [1.165, 1.54) is 17.1 Å². The van der Waals surface area contributed by atoms with Gasteiger partial charge in [0.15, 0.2) is 5.96 Å². The van der Waals surface area contributed by atoms with Gasteiger partial charge in [0.25, 0.3) is 0 Å². The van der Waals surface area contributed by atoms with Crippen molar-refractivity contribution >= 4 is 46.3 Å². The number of piperidine rings is 1. The van der Waals surface area contributed by atoms with Gasteiger partial charge in [-0.2, -0.15) is 5.26 Å². The Labute approximate surface area is 180 Å². The molecule has 0 unspecified atom stereocenters. The number of guanidine groups is 1. The Bertz CT molecular complexity index is 795. The number of thiophene rings is 1. The van der Waals surface area contributed by atoms with Crippen LogP contribution in [0.25, 0.3) is 0 Å². The molecule has 2 N–H and O–H groups in total. The van der Waals surface area contributed by atoms with Crippen molar-refractivity contribution in [1.82, 2.24) is 10.6 Å². The highest BCUT2D eigenvalue weighted by Crippen LogP contribution is 2.24. The van der Waals surface area contributed by atoms with Crippen LogP contribution in [0.5, 0.6) is 0 Å². The molecule has 1 aromatic heterocycles. The number of rotatable bonds is 4. The maximum Gasteiger partial charge on any atom is 0.191 e. The van der Waals surface area contributed by atoms with E-state index in [-0.39, 0.29) is 36.3 Å². The monoisotopic (exact) mass is 499 g/mol. The summed E-state index contributed by atoms with van der Waals surface area (Å²) in [5, 5.41) is 18.9. The average molecular weight is 499 g/mol. The summed E-state index contributed by atoms with van der Waals surface area (Å²) in [5.41, 5.74) is 0.909. The molecule has 2 aromatic rings. The van der Waals surface area contributed by atoms with E-state index >= 15 is 0 Å². The van der Waals surface area contributed by atoms with Crippen LogP contribution in [-0.2, 0) is 6.54 Å². The Hall–Kier alpha value is -1.86. The lowest BCUT2D eigenvalue weighted by atomic mass is 10.1. The molecule has 27 heavy (non-hydrogen) atoms. The Morgan fingerprint density at radius 2 is 2.15 bits per heavy atom. The van der Waals surface area contributed by atoms with Crippen molar-refractivity contribution in [3.05, 3.63) is 52.7 Å². The molecule has 1 saturated heterocycles. The minimum Gasteiger partial charge on any atom is -0.363 e. The summed E-state index contributed by atoms with van der Waals surface area (Å²) >= 11 is 1.77. The molecule has 1 fully saturated rings. The van der Waals surface area contributed by atoms with E-state index in [1.807, 2.05) is 6.07 Å². The fourth-order valence-electron chi connectivity index (χ4n) is 3.04. The molecule has 0 saturated carbocycles. The molecule has 3 rings (SSSR count). The third-order valence-corrected chi connectivity index (χ3v) is 5.43. The SMILES string of the molecule is CN=C(NCc1cc(C#N)ccc1F)NC1CCN(c2cccs2)CC1.I. The lowest BCUT2D eigenvalue weighted by Gasteiger charge is -2.33. The predicted octanol–water partition coefficient (Wildman–Crippen LogP) is 3.71. The van der Waals surface area contributed by atoms with E-state index < -0.39 is 0 Å². The molecule has 5 nitrogen and oxygen atoms in total. The van der Waals surface area contributed by atoms with Gasteiger partial charge in [-0.15, -0.1) is 35.3 Å². The largest absolute Gasteiger partial charge is 0.363 e. The number of nitrogens with one attached hydrogen (secondary N) is 2.